The van der Waals surface area contributed by atoms with Gasteiger partial charge in [-0.15, -0.1) is 0 Å². The van der Waals surface area contributed by atoms with Gasteiger partial charge in [0.05, 0.1) is 16.6 Å². The van der Waals surface area contributed by atoms with Crippen molar-refractivity contribution in [2.24, 2.45) is 0 Å². The van der Waals surface area contributed by atoms with Gasteiger partial charge in [-0.05, 0) is 41.1 Å². The molecule has 0 aliphatic heterocycles. The van der Waals surface area contributed by atoms with Crippen molar-refractivity contribution in [2.75, 3.05) is 13.2 Å². The maximum Gasteiger partial charge on any atom is 0.338 e. The van der Waals surface area contributed by atoms with Crippen LogP contribution in [0, 0.1) is 0 Å². The molecule has 0 saturated heterocycles. The van der Waals surface area contributed by atoms with Crippen LogP contribution in [0.1, 0.15) is 22.8 Å². The van der Waals surface area contributed by atoms with Crippen LogP contribution in [0.4, 0.5) is 0 Å². The Balaban J connectivity index is 2.23. The van der Waals surface area contributed by atoms with E-state index in [-0.39, 0.29) is 6.61 Å². The number of nitrogens with zero attached hydrogens (tertiary/aromatic N) is 1. The van der Waals surface area contributed by atoms with Crippen LogP contribution in [-0.2, 0) is 11.3 Å². The van der Waals surface area contributed by atoms with Crippen LogP contribution in [0.5, 0.6) is 11.5 Å². The molecule has 0 atom stereocenters. The molecule has 0 spiro atoms. The summed E-state index contributed by atoms with van der Waals surface area (Å²) in [4.78, 5) is 16.1. The fourth-order valence-corrected chi connectivity index (χ4v) is 2.50. The molecule has 1 heterocycles. The Morgan fingerprint density at radius 2 is 2.21 bits per heavy atom. The third-order valence-electron chi connectivity index (χ3n) is 2.98. The van der Waals surface area contributed by atoms with Gasteiger partial charge >= 0.3 is 5.97 Å². The lowest BCUT2D eigenvalue weighted by Gasteiger charge is -2.15. The van der Waals surface area contributed by atoms with E-state index in [4.69, 9.17) is 14.2 Å². The second-order valence-electron chi connectivity index (χ2n) is 4.76. The molecule has 0 N–H and O–H groups in total. The molecule has 0 saturated carbocycles. The highest BCUT2D eigenvalue weighted by molar-refractivity contribution is 9.10. The van der Waals surface area contributed by atoms with E-state index in [0.717, 1.165) is 5.56 Å². The molecule has 0 aliphatic rings. The lowest BCUT2D eigenvalue weighted by molar-refractivity contribution is 0.0549. The Morgan fingerprint density at radius 3 is 2.88 bits per heavy atom. The Hall–Kier alpha value is -2.34. The summed E-state index contributed by atoms with van der Waals surface area (Å²) >= 11 is 3.43. The van der Waals surface area contributed by atoms with Crippen molar-refractivity contribution in [3.63, 3.8) is 0 Å². The molecule has 2 aromatic rings. The summed E-state index contributed by atoms with van der Waals surface area (Å²) in [7, 11) is 0. The lowest BCUT2D eigenvalue weighted by atomic mass is 10.2. The van der Waals surface area contributed by atoms with Gasteiger partial charge in [0.15, 0.2) is 11.5 Å². The zero-order valence-corrected chi connectivity index (χ0v) is 14.9. The van der Waals surface area contributed by atoms with Crippen LogP contribution in [0.15, 0.2) is 53.8 Å². The zero-order valence-electron chi connectivity index (χ0n) is 13.3. The van der Waals surface area contributed by atoms with Gasteiger partial charge in [-0.1, -0.05) is 18.7 Å². The van der Waals surface area contributed by atoms with Gasteiger partial charge in [-0.3, -0.25) is 4.98 Å². The number of pyridine rings is 1. The molecule has 2 rings (SSSR count). The first kappa shape index (κ1) is 18.0. The van der Waals surface area contributed by atoms with E-state index in [0.29, 0.717) is 34.7 Å². The molecular formula is C18H18BrNO4. The number of ether oxygens (including phenoxy) is 3. The van der Waals surface area contributed by atoms with Crippen molar-refractivity contribution in [2.45, 2.75) is 13.5 Å². The Morgan fingerprint density at radius 1 is 1.38 bits per heavy atom. The Kier molecular flexibility index (Phi) is 6.81. The van der Waals surface area contributed by atoms with Gasteiger partial charge in [0.1, 0.15) is 13.2 Å². The number of hydrogen-bond acceptors (Lipinski definition) is 5. The fourth-order valence-electron chi connectivity index (χ4n) is 1.95. The highest BCUT2D eigenvalue weighted by Gasteiger charge is 2.17. The molecular weight excluding hydrogens is 374 g/mol. The molecule has 126 valence electrons. The van der Waals surface area contributed by atoms with Gasteiger partial charge in [-0.2, -0.15) is 0 Å². The smallest absolute Gasteiger partial charge is 0.338 e. The maximum atomic E-state index is 12.0. The topological polar surface area (TPSA) is 57.7 Å². The predicted molar refractivity (Wildman–Crippen MR) is 94.4 cm³/mol. The number of carbonyl (C=O) groups is 1. The minimum Gasteiger partial charge on any atom is -0.490 e. The number of aromatic nitrogens is 1. The van der Waals surface area contributed by atoms with E-state index in [9.17, 15) is 4.79 Å². The van der Waals surface area contributed by atoms with Gasteiger partial charge in [0, 0.05) is 18.0 Å². The molecule has 24 heavy (non-hydrogen) atoms. The molecule has 5 nitrogen and oxygen atoms in total. The van der Waals surface area contributed by atoms with E-state index in [1.807, 2.05) is 19.1 Å². The van der Waals surface area contributed by atoms with Crippen molar-refractivity contribution >= 4 is 21.9 Å². The summed E-state index contributed by atoms with van der Waals surface area (Å²) in [6.45, 7) is 6.32. The van der Waals surface area contributed by atoms with Crippen LogP contribution in [0.2, 0.25) is 0 Å². The van der Waals surface area contributed by atoms with Gasteiger partial charge in [-0.25, -0.2) is 4.79 Å². The number of rotatable bonds is 8. The van der Waals surface area contributed by atoms with E-state index < -0.39 is 5.97 Å². The predicted octanol–water partition coefficient (Wildman–Crippen LogP) is 4.16. The Labute approximate surface area is 149 Å². The van der Waals surface area contributed by atoms with Crippen LogP contribution < -0.4 is 9.47 Å². The molecule has 0 bridgehead atoms. The molecule has 0 fully saturated rings. The van der Waals surface area contributed by atoms with Crippen molar-refractivity contribution in [3.05, 3.63) is 64.9 Å². The van der Waals surface area contributed by atoms with Crippen molar-refractivity contribution in [1.82, 2.24) is 4.98 Å². The van der Waals surface area contributed by atoms with E-state index in [2.05, 4.69) is 27.5 Å². The molecule has 0 aliphatic carbocycles. The second kappa shape index (κ2) is 9.08. The number of hydrogen-bond donors (Lipinski definition) is 0. The summed E-state index contributed by atoms with van der Waals surface area (Å²) in [5.74, 6) is 0.553. The first-order chi connectivity index (χ1) is 11.7. The minimum absolute atomic E-state index is 0.152. The van der Waals surface area contributed by atoms with E-state index >= 15 is 0 Å². The molecule has 1 aromatic heterocycles. The minimum atomic E-state index is -0.449. The van der Waals surface area contributed by atoms with Crippen LogP contribution >= 0.6 is 15.9 Å². The highest BCUT2D eigenvalue weighted by Crippen LogP contribution is 2.37. The molecule has 0 unspecified atom stereocenters. The fraction of sp³-hybridized carbons (Fsp3) is 0.222. The molecule has 6 heteroatoms. The SMILES string of the molecule is C=CCOC(=O)c1cc(Br)c(OCc2cccnc2)c(OCC)c1. The van der Waals surface area contributed by atoms with E-state index in [1.54, 1.807) is 24.5 Å². The van der Waals surface area contributed by atoms with Crippen molar-refractivity contribution in [3.8, 4) is 11.5 Å². The van der Waals surface area contributed by atoms with Gasteiger partial charge < -0.3 is 14.2 Å². The van der Waals surface area contributed by atoms with Crippen LogP contribution in [0.3, 0.4) is 0 Å². The first-order valence-corrected chi connectivity index (χ1v) is 8.21. The van der Waals surface area contributed by atoms with Crippen molar-refractivity contribution < 1.29 is 19.0 Å². The quantitative estimate of drug-likeness (QED) is 0.499. The molecule has 0 amide bonds. The summed E-state index contributed by atoms with van der Waals surface area (Å²) in [5.41, 5.74) is 1.31. The van der Waals surface area contributed by atoms with Crippen molar-refractivity contribution in [1.29, 1.82) is 0 Å². The zero-order chi connectivity index (χ0) is 17.4. The van der Waals surface area contributed by atoms with Crippen LogP contribution in [-0.4, -0.2) is 24.2 Å². The normalized spacial score (nSPS) is 10.1. The van der Waals surface area contributed by atoms with Gasteiger partial charge in [0.25, 0.3) is 0 Å². The van der Waals surface area contributed by atoms with Crippen LogP contribution in [0.25, 0.3) is 0 Å². The maximum absolute atomic E-state index is 12.0. The van der Waals surface area contributed by atoms with E-state index in [1.165, 1.54) is 6.08 Å². The monoisotopic (exact) mass is 391 g/mol. The number of esters is 1. The highest BCUT2D eigenvalue weighted by atomic mass is 79.9. The number of carbonyl (C=O) groups excluding carboxylic acids is 1. The average Bonchev–Trinajstić information content (AvgIpc) is 2.60. The summed E-state index contributed by atoms with van der Waals surface area (Å²) in [6, 6.07) is 7.02. The third kappa shape index (κ3) is 4.83. The molecule has 1 aromatic carbocycles. The lowest BCUT2D eigenvalue weighted by Crippen LogP contribution is -2.07. The Bertz CT molecular complexity index is 704. The largest absolute Gasteiger partial charge is 0.490 e. The summed E-state index contributed by atoms with van der Waals surface area (Å²) in [6.07, 6.45) is 4.95. The third-order valence-corrected chi connectivity index (χ3v) is 3.57. The summed E-state index contributed by atoms with van der Waals surface area (Å²) < 4.78 is 17.1. The molecule has 0 radical (unpaired) electrons. The second-order valence-corrected chi connectivity index (χ2v) is 5.61. The number of halogens is 1. The summed E-state index contributed by atoms with van der Waals surface area (Å²) in [5, 5.41) is 0. The average molecular weight is 392 g/mol. The first-order valence-electron chi connectivity index (χ1n) is 7.41. The van der Waals surface area contributed by atoms with Gasteiger partial charge in [0.2, 0.25) is 0 Å². The number of benzene rings is 1. The standard InChI is InChI=1S/C18H18BrNO4/c1-3-8-23-18(21)14-9-15(19)17(16(10-14)22-4-2)24-12-13-6-5-7-20-11-13/h3,5-7,9-11H,1,4,8,12H2,2H3.